The van der Waals surface area contributed by atoms with E-state index in [1.165, 1.54) is 6.92 Å². The summed E-state index contributed by atoms with van der Waals surface area (Å²) in [6, 6.07) is 28.7. The van der Waals surface area contributed by atoms with E-state index in [1.54, 1.807) is 0 Å². The molecule has 0 heterocycles. The predicted octanol–water partition coefficient (Wildman–Crippen LogP) is 4.79. The molecule has 174 valence electrons. The fraction of sp³-hybridized carbons (Fsp3) is 0.154. The molecule has 3 aromatic carbocycles. The van der Waals surface area contributed by atoms with Crippen molar-refractivity contribution in [2.45, 2.75) is 17.1 Å². The van der Waals surface area contributed by atoms with E-state index < -0.39 is 16.5 Å². The quantitative estimate of drug-likeness (QED) is 0.150. The number of rotatable bonds is 8. The molecule has 0 saturated carbocycles. The molecule has 0 aliphatic heterocycles. The van der Waals surface area contributed by atoms with Gasteiger partial charge in [-0.1, -0.05) is 126 Å². The number of carbonyl (C=O) groups excluding carboxylic acids is 1. The number of amides is 1. The standard InChI is InChI=1S/C26H24BCl3N2O2/c1-19(33)23(25(34)31-18-17-20-11-5-2-6-12-20)24(26(28,29)30)32-27(21-13-7-3-8-14-21)22-15-9-4-10-16-22/h2-16,33H,17-18H2,1H3,(H,31,34). The number of halogens is 3. The molecule has 2 N–H and O–H groups in total. The largest absolute Gasteiger partial charge is 0.512 e. The maximum atomic E-state index is 13.1. The second-order valence-corrected chi connectivity index (χ2v) is 9.93. The molecule has 0 saturated heterocycles. The summed E-state index contributed by atoms with van der Waals surface area (Å²) in [6.45, 7) is 1.16. The van der Waals surface area contributed by atoms with E-state index in [1.807, 2.05) is 91.0 Å². The highest BCUT2D eigenvalue weighted by Crippen LogP contribution is 2.32. The number of hydrogen-bond acceptors (Lipinski definition) is 3. The highest BCUT2D eigenvalue weighted by molar-refractivity contribution is 6.87. The van der Waals surface area contributed by atoms with Crippen LogP contribution in [-0.2, 0) is 11.2 Å². The van der Waals surface area contributed by atoms with Crippen molar-refractivity contribution in [2.24, 2.45) is 4.90 Å². The average molecular weight is 514 g/mol. The van der Waals surface area contributed by atoms with Crippen molar-refractivity contribution in [3.8, 4) is 0 Å². The summed E-state index contributed by atoms with van der Waals surface area (Å²) in [4.78, 5) is 17.9. The van der Waals surface area contributed by atoms with Crippen molar-refractivity contribution in [2.75, 3.05) is 6.54 Å². The first kappa shape index (κ1) is 25.9. The Hall–Kier alpha value is -2.73. The van der Waals surface area contributed by atoms with Crippen LogP contribution in [-0.4, -0.2) is 33.9 Å². The van der Waals surface area contributed by atoms with Crippen molar-refractivity contribution >= 4 is 64.2 Å². The summed E-state index contributed by atoms with van der Waals surface area (Å²) in [5.74, 6) is -0.858. The van der Waals surface area contributed by atoms with Crippen LogP contribution in [0.15, 0.2) is 107 Å². The molecule has 34 heavy (non-hydrogen) atoms. The number of allylic oxidation sites excluding steroid dienone is 1. The molecule has 1 amide bonds. The fourth-order valence-corrected chi connectivity index (χ4v) is 3.95. The zero-order valence-corrected chi connectivity index (χ0v) is 20.9. The summed E-state index contributed by atoms with van der Waals surface area (Å²) in [6.07, 6.45) is 0.612. The van der Waals surface area contributed by atoms with Gasteiger partial charge < -0.3 is 15.3 Å². The van der Waals surface area contributed by atoms with E-state index in [-0.39, 0.29) is 17.0 Å². The molecule has 0 bridgehead atoms. The van der Waals surface area contributed by atoms with Crippen LogP contribution in [0.25, 0.3) is 0 Å². The Bertz CT molecular complexity index is 1110. The molecule has 0 unspecified atom stereocenters. The minimum absolute atomic E-state index is 0.132. The summed E-state index contributed by atoms with van der Waals surface area (Å²) in [7, 11) is 0. The molecule has 0 aliphatic rings. The van der Waals surface area contributed by atoms with Gasteiger partial charge >= 0.3 is 6.85 Å². The number of aliphatic hydroxyl groups excluding tert-OH is 1. The number of alkyl halides is 3. The Labute approximate surface area is 215 Å². The van der Waals surface area contributed by atoms with Gasteiger partial charge in [0, 0.05) is 6.54 Å². The Morgan fingerprint density at radius 3 is 1.79 bits per heavy atom. The van der Waals surface area contributed by atoms with Crippen molar-refractivity contribution in [3.63, 3.8) is 0 Å². The molecule has 0 atom stereocenters. The van der Waals surface area contributed by atoms with Crippen LogP contribution in [0, 0.1) is 0 Å². The smallest absolute Gasteiger partial charge is 0.344 e. The van der Waals surface area contributed by atoms with E-state index in [0.29, 0.717) is 13.0 Å². The van der Waals surface area contributed by atoms with Crippen LogP contribution in [0.3, 0.4) is 0 Å². The number of nitrogens with one attached hydrogen (secondary N) is 1. The second kappa shape index (κ2) is 12.1. The van der Waals surface area contributed by atoms with E-state index in [4.69, 9.17) is 39.7 Å². The minimum Gasteiger partial charge on any atom is -0.512 e. The number of benzene rings is 3. The summed E-state index contributed by atoms with van der Waals surface area (Å²) in [5, 5.41) is 13.3. The molecule has 0 radical (unpaired) electrons. The van der Waals surface area contributed by atoms with E-state index in [2.05, 4.69) is 5.32 Å². The van der Waals surface area contributed by atoms with Gasteiger partial charge in [-0.05, 0) is 29.8 Å². The zero-order chi connectivity index (χ0) is 24.6. The Morgan fingerprint density at radius 1 is 0.882 bits per heavy atom. The van der Waals surface area contributed by atoms with Gasteiger partial charge in [0.1, 0.15) is 11.3 Å². The Morgan fingerprint density at radius 2 is 1.35 bits per heavy atom. The highest BCUT2D eigenvalue weighted by atomic mass is 35.6. The maximum absolute atomic E-state index is 13.1. The first-order valence-electron chi connectivity index (χ1n) is 10.7. The SMILES string of the molecule is CC(O)=C(C(=O)NCCc1ccccc1)C(=NB(c1ccccc1)c1ccccc1)C(Cl)(Cl)Cl. The third-order valence-electron chi connectivity index (χ3n) is 5.13. The third kappa shape index (κ3) is 7.13. The number of aliphatic hydroxyl groups is 1. The summed E-state index contributed by atoms with van der Waals surface area (Å²) >= 11 is 18.9. The predicted molar refractivity (Wildman–Crippen MR) is 144 cm³/mol. The molecule has 0 aromatic heterocycles. The molecule has 0 aliphatic carbocycles. The lowest BCUT2D eigenvalue weighted by molar-refractivity contribution is -0.117. The lowest BCUT2D eigenvalue weighted by atomic mass is 9.51. The average Bonchev–Trinajstić information content (AvgIpc) is 2.82. The number of hydrogen-bond donors (Lipinski definition) is 2. The van der Waals surface area contributed by atoms with Crippen LogP contribution >= 0.6 is 34.8 Å². The van der Waals surface area contributed by atoms with Crippen molar-refractivity contribution < 1.29 is 9.90 Å². The van der Waals surface area contributed by atoms with Crippen molar-refractivity contribution in [1.29, 1.82) is 0 Å². The van der Waals surface area contributed by atoms with E-state index >= 15 is 0 Å². The topological polar surface area (TPSA) is 61.7 Å². The van der Waals surface area contributed by atoms with Gasteiger partial charge in [-0.25, -0.2) is 0 Å². The van der Waals surface area contributed by atoms with Crippen LogP contribution < -0.4 is 16.2 Å². The molecule has 0 fully saturated rings. The first-order valence-corrected chi connectivity index (χ1v) is 11.9. The third-order valence-corrected chi connectivity index (χ3v) is 5.66. The summed E-state index contributed by atoms with van der Waals surface area (Å²) in [5.41, 5.74) is 2.47. The molecule has 0 spiro atoms. The van der Waals surface area contributed by atoms with Gasteiger partial charge in [-0.15, -0.1) is 0 Å². The summed E-state index contributed by atoms with van der Waals surface area (Å²) < 4.78 is -2.06. The molecule has 4 nitrogen and oxygen atoms in total. The van der Waals surface area contributed by atoms with E-state index in [9.17, 15) is 9.90 Å². The molecule has 3 aromatic rings. The van der Waals surface area contributed by atoms with Gasteiger partial charge in [0.25, 0.3) is 5.91 Å². The maximum Gasteiger partial charge on any atom is 0.344 e. The minimum atomic E-state index is -2.06. The van der Waals surface area contributed by atoms with Crippen LogP contribution in [0.1, 0.15) is 12.5 Å². The van der Waals surface area contributed by atoms with Gasteiger partial charge in [-0.2, -0.15) is 0 Å². The number of carbonyl (C=O) groups is 1. The molecular formula is C26H24BCl3N2O2. The van der Waals surface area contributed by atoms with Crippen molar-refractivity contribution in [1.82, 2.24) is 5.32 Å². The monoisotopic (exact) mass is 512 g/mol. The van der Waals surface area contributed by atoms with Gasteiger partial charge in [0.15, 0.2) is 0 Å². The Kier molecular flexibility index (Phi) is 9.23. The van der Waals surface area contributed by atoms with Gasteiger partial charge in [0.05, 0.1) is 5.71 Å². The first-order chi connectivity index (χ1) is 16.3. The Balaban J connectivity index is 1.98. The molecule has 8 heteroatoms. The lowest BCUT2D eigenvalue weighted by Gasteiger charge is -2.21. The van der Waals surface area contributed by atoms with Crippen LogP contribution in [0.4, 0.5) is 0 Å². The molecular weight excluding hydrogens is 489 g/mol. The highest BCUT2D eigenvalue weighted by Gasteiger charge is 2.37. The van der Waals surface area contributed by atoms with Crippen molar-refractivity contribution in [3.05, 3.63) is 108 Å². The lowest BCUT2D eigenvalue weighted by Crippen LogP contribution is -2.44. The number of nitrogens with zero attached hydrogens (tertiary/aromatic N) is 1. The van der Waals surface area contributed by atoms with Gasteiger partial charge in [-0.3, -0.25) is 4.79 Å². The fourth-order valence-electron chi connectivity index (χ4n) is 3.52. The van der Waals surface area contributed by atoms with Crippen LogP contribution in [0.5, 0.6) is 0 Å². The molecule has 3 rings (SSSR count). The zero-order valence-electron chi connectivity index (χ0n) is 18.6. The van der Waals surface area contributed by atoms with Crippen LogP contribution in [0.2, 0.25) is 0 Å². The van der Waals surface area contributed by atoms with Gasteiger partial charge in [0.2, 0.25) is 3.79 Å². The van der Waals surface area contributed by atoms with E-state index in [0.717, 1.165) is 16.5 Å². The normalized spacial score (nSPS) is 12.6. The second-order valence-electron chi connectivity index (χ2n) is 7.65.